The van der Waals surface area contributed by atoms with Gasteiger partial charge in [0.05, 0.1) is 25.2 Å². The average Bonchev–Trinajstić information content (AvgIpc) is 2.88. The van der Waals surface area contributed by atoms with E-state index < -0.39 is 0 Å². The fourth-order valence-electron chi connectivity index (χ4n) is 5.41. The van der Waals surface area contributed by atoms with Gasteiger partial charge in [0.25, 0.3) is 5.91 Å². The van der Waals surface area contributed by atoms with Crippen LogP contribution in [0.3, 0.4) is 0 Å². The molecule has 212 valence electrons. The summed E-state index contributed by atoms with van der Waals surface area (Å²) in [5, 5.41) is 6.96. The Morgan fingerprint density at radius 2 is 1.92 bits per heavy atom. The molecule has 2 unspecified atom stereocenters. The second-order valence-corrected chi connectivity index (χ2v) is 12.4. The summed E-state index contributed by atoms with van der Waals surface area (Å²) in [6.07, 6.45) is 4.33. The van der Waals surface area contributed by atoms with E-state index in [4.69, 9.17) is 14.5 Å². The Hall–Kier alpha value is -2.30. The highest BCUT2D eigenvalue weighted by Crippen LogP contribution is 2.30. The lowest BCUT2D eigenvalue weighted by atomic mass is 9.89. The lowest BCUT2D eigenvalue weighted by molar-refractivity contribution is -0.140. The summed E-state index contributed by atoms with van der Waals surface area (Å²) >= 11 is 0. The quantitative estimate of drug-likeness (QED) is 0.527. The minimum atomic E-state index is -0.245. The Balaban J connectivity index is 1.57. The molecule has 0 aromatic carbocycles. The van der Waals surface area contributed by atoms with Gasteiger partial charge in [0, 0.05) is 63.5 Å². The van der Waals surface area contributed by atoms with Crippen molar-refractivity contribution in [2.24, 2.45) is 11.8 Å². The summed E-state index contributed by atoms with van der Waals surface area (Å²) in [6.45, 7) is 14.8. The maximum atomic E-state index is 14.2. The Labute approximate surface area is 227 Å². The molecule has 2 N–H and O–H groups in total. The van der Waals surface area contributed by atoms with Gasteiger partial charge >= 0.3 is 0 Å². The van der Waals surface area contributed by atoms with Gasteiger partial charge in [-0.3, -0.25) is 9.59 Å². The molecular weight excluding hydrogens is 484 g/mol. The molecule has 2 atom stereocenters. The summed E-state index contributed by atoms with van der Waals surface area (Å²) in [7, 11) is 1.73. The molecule has 2 saturated heterocycles. The fourth-order valence-corrected chi connectivity index (χ4v) is 5.41. The molecule has 2 aliphatic heterocycles. The molecule has 10 heteroatoms. The Morgan fingerprint density at radius 3 is 2.55 bits per heavy atom. The highest BCUT2D eigenvalue weighted by Gasteiger charge is 2.37. The highest BCUT2D eigenvalue weighted by molar-refractivity contribution is 5.98. The topological polar surface area (TPSA) is 109 Å². The van der Waals surface area contributed by atoms with Gasteiger partial charge in [-0.15, -0.1) is 0 Å². The Bertz CT molecular complexity index is 969. The molecule has 1 aromatic heterocycles. The van der Waals surface area contributed by atoms with E-state index in [1.165, 1.54) is 0 Å². The van der Waals surface area contributed by atoms with Crippen molar-refractivity contribution in [3.63, 3.8) is 0 Å². The van der Waals surface area contributed by atoms with E-state index in [1.54, 1.807) is 13.3 Å². The molecule has 3 aliphatic rings. The number of morpholine rings is 1. The number of piperidine rings is 1. The van der Waals surface area contributed by atoms with Gasteiger partial charge in [-0.05, 0) is 25.2 Å². The zero-order valence-electron chi connectivity index (χ0n) is 24.0. The van der Waals surface area contributed by atoms with E-state index in [2.05, 4.69) is 50.2 Å². The molecule has 2 amide bonds. The summed E-state index contributed by atoms with van der Waals surface area (Å²) in [5.74, 6) is 1.47. The van der Waals surface area contributed by atoms with Crippen molar-refractivity contribution in [3.05, 3.63) is 17.6 Å². The van der Waals surface area contributed by atoms with Gasteiger partial charge in [-0.2, -0.15) is 0 Å². The number of aromatic nitrogens is 2. The first-order valence-corrected chi connectivity index (χ1v) is 14.1. The largest absolute Gasteiger partial charge is 0.381 e. The number of rotatable bonds is 8. The first-order valence-electron chi connectivity index (χ1n) is 14.1. The van der Waals surface area contributed by atoms with Gasteiger partial charge in [-0.25, -0.2) is 9.97 Å². The minimum Gasteiger partial charge on any atom is -0.381 e. The van der Waals surface area contributed by atoms with Crippen LogP contribution in [0.25, 0.3) is 0 Å². The van der Waals surface area contributed by atoms with Crippen molar-refractivity contribution in [1.82, 2.24) is 25.1 Å². The third-order valence-corrected chi connectivity index (χ3v) is 7.72. The number of ether oxygens (including phenoxy) is 2. The first kappa shape index (κ1) is 28.7. The number of nitrogens with one attached hydrogen (secondary N) is 2. The van der Waals surface area contributed by atoms with Gasteiger partial charge in [0.15, 0.2) is 0 Å². The zero-order chi connectivity index (χ0) is 27.4. The van der Waals surface area contributed by atoms with Crippen molar-refractivity contribution >= 4 is 17.6 Å². The van der Waals surface area contributed by atoms with Gasteiger partial charge in [0.1, 0.15) is 17.2 Å². The van der Waals surface area contributed by atoms with Crippen LogP contribution in [0.5, 0.6) is 0 Å². The maximum Gasteiger partial charge on any atom is 0.259 e. The maximum absolute atomic E-state index is 14.2. The summed E-state index contributed by atoms with van der Waals surface area (Å²) in [6, 6.07) is 0.116. The number of methoxy groups -OCH3 is 1. The predicted octanol–water partition coefficient (Wildman–Crippen LogP) is 2.30. The third kappa shape index (κ3) is 6.82. The lowest BCUT2D eigenvalue weighted by Crippen LogP contribution is -2.56. The second kappa shape index (κ2) is 12.3. The zero-order valence-corrected chi connectivity index (χ0v) is 24.0. The molecule has 3 fully saturated rings. The van der Waals surface area contributed by atoms with E-state index in [0.29, 0.717) is 69.6 Å². The van der Waals surface area contributed by atoms with Crippen LogP contribution in [0.4, 0.5) is 5.82 Å². The van der Waals surface area contributed by atoms with Crippen LogP contribution in [0.15, 0.2) is 6.20 Å². The summed E-state index contributed by atoms with van der Waals surface area (Å²) in [4.78, 5) is 40.8. The van der Waals surface area contributed by atoms with Crippen molar-refractivity contribution in [1.29, 1.82) is 0 Å². The molecule has 10 nitrogen and oxygen atoms in total. The molecule has 1 aromatic rings. The molecule has 38 heavy (non-hydrogen) atoms. The highest BCUT2D eigenvalue weighted by atomic mass is 16.5. The van der Waals surface area contributed by atoms with Crippen LogP contribution in [-0.4, -0.2) is 103 Å². The number of amides is 2. The SMILES string of the molecule is COC1CC(Nc2nc(C(C)(C)C)ncc2C(=O)N(CC(C)C)C2CNCC(C(=O)N3CCOCC3)C2)C1. The van der Waals surface area contributed by atoms with Crippen LogP contribution in [-0.2, 0) is 19.7 Å². The number of carbonyl (C=O) groups is 2. The summed E-state index contributed by atoms with van der Waals surface area (Å²) < 4.78 is 10.9. The van der Waals surface area contributed by atoms with E-state index in [1.807, 2.05) is 9.80 Å². The standard InChI is InChI=1S/C28H46N6O4/c1-18(2)17-34(21-11-19(14-29-15-21)25(35)33-7-9-38-10-8-33)26(36)23-16-30-27(28(3,4)5)32-24(23)31-20-12-22(13-20)37-6/h16,18-22,29H,7-15,17H2,1-6H3,(H,30,31,32). The minimum absolute atomic E-state index is 0.0875. The van der Waals surface area contributed by atoms with Crippen molar-refractivity contribution < 1.29 is 19.1 Å². The molecular formula is C28H46N6O4. The van der Waals surface area contributed by atoms with E-state index in [0.717, 1.165) is 12.8 Å². The monoisotopic (exact) mass is 530 g/mol. The lowest BCUT2D eigenvalue weighted by Gasteiger charge is -2.40. The van der Waals surface area contributed by atoms with Crippen molar-refractivity contribution in [2.45, 2.75) is 77.5 Å². The van der Waals surface area contributed by atoms with Crippen molar-refractivity contribution in [2.75, 3.05) is 58.4 Å². The number of nitrogens with zero attached hydrogens (tertiary/aromatic N) is 4. The second-order valence-electron chi connectivity index (χ2n) is 12.4. The average molecular weight is 531 g/mol. The molecule has 1 aliphatic carbocycles. The van der Waals surface area contributed by atoms with Crippen LogP contribution < -0.4 is 10.6 Å². The van der Waals surface area contributed by atoms with Gasteiger partial charge in [0.2, 0.25) is 5.91 Å². The number of hydrogen-bond donors (Lipinski definition) is 2. The molecule has 4 rings (SSSR count). The van der Waals surface area contributed by atoms with Gasteiger partial charge < -0.3 is 29.9 Å². The number of anilines is 1. The van der Waals surface area contributed by atoms with Gasteiger partial charge in [-0.1, -0.05) is 34.6 Å². The Kier molecular flexibility index (Phi) is 9.26. The smallest absolute Gasteiger partial charge is 0.259 e. The van der Waals surface area contributed by atoms with E-state index >= 15 is 0 Å². The molecule has 0 radical (unpaired) electrons. The summed E-state index contributed by atoms with van der Waals surface area (Å²) in [5.41, 5.74) is 0.242. The van der Waals surface area contributed by atoms with E-state index in [-0.39, 0.29) is 47.3 Å². The normalized spacial score (nSPS) is 26.1. The van der Waals surface area contributed by atoms with Crippen LogP contribution in [0.1, 0.15) is 70.1 Å². The van der Waals surface area contributed by atoms with Crippen LogP contribution in [0.2, 0.25) is 0 Å². The van der Waals surface area contributed by atoms with Crippen molar-refractivity contribution in [3.8, 4) is 0 Å². The number of carbonyl (C=O) groups excluding carboxylic acids is 2. The van der Waals surface area contributed by atoms with Crippen LogP contribution >= 0.6 is 0 Å². The molecule has 0 bridgehead atoms. The molecule has 3 heterocycles. The Morgan fingerprint density at radius 1 is 1.21 bits per heavy atom. The molecule has 0 spiro atoms. The number of hydrogen-bond acceptors (Lipinski definition) is 8. The van der Waals surface area contributed by atoms with E-state index in [9.17, 15) is 9.59 Å². The third-order valence-electron chi connectivity index (χ3n) is 7.72. The van der Waals surface area contributed by atoms with Crippen LogP contribution in [0, 0.1) is 11.8 Å². The molecule has 1 saturated carbocycles. The fraction of sp³-hybridized carbons (Fsp3) is 0.786. The predicted molar refractivity (Wildman–Crippen MR) is 146 cm³/mol. The first-order chi connectivity index (χ1) is 18.1.